The maximum Gasteiger partial charge on any atom is 0.306 e. The summed E-state index contributed by atoms with van der Waals surface area (Å²) in [4.78, 5) is 22.4. The molecule has 4 nitrogen and oxygen atoms in total. The van der Waals surface area contributed by atoms with Crippen LogP contribution in [0, 0.1) is 5.92 Å². The Morgan fingerprint density at radius 1 is 1.13 bits per heavy atom. The number of ether oxygens (including phenoxy) is 1. The average molecular weight is 324 g/mol. The molecule has 0 bridgehead atoms. The summed E-state index contributed by atoms with van der Waals surface area (Å²) in [6, 6.07) is 0. The molecule has 0 aliphatic carbocycles. The summed E-state index contributed by atoms with van der Waals surface area (Å²) in [5, 5.41) is 8.78. The molecule has 1 saturated heterocycles. The summed E-state index contributed by atoms with van der Waals surface area (Å²) in [6.45, 7) is 3.93. The van der Waals surface area contributed by atoms with Crippen LogP contribution in [0.2, 0.25) is 0 Å². The van der Waals surface area contributed by atoms with Gasteiger partial charge < -0.3 is 9.84 Å². The first-order valence-electron chi connectivity index (χ1n) is 9.14. The summed E-state index contributed by atoms with van der Waals surface area (Å²) < 4.78 is 5.53. The number of epoxide rings is 1. The average Bonchev–Trinajstić information content (AvgIpc) is 3.27. The van der Waals surface area contributed by atoms with Crippen LogP contribution in [0.15, 0.2) is 12.2 Å². The first kappa shape index (κ1) is 19.9. The van der Waals surface area contributed by atoms with Crippen LogP contribution in [-0.2, 0) is 14.3 Å². The Balaban J connectivity index is 1.97. The van der Waals surface area contributed by atoms with Gasteiger partial charge in [0, 0.05) is 6.42 Å². The molecule has 1 aliphatic heterocycles. The molecule has 0 aromatic carbocycles. The number of carboxylic acid groups (broad SMARTS) is 1. The van der Waals surface area contributed by atoms with Crippen molar-refractivity contribution >= 4 is 11.8 Å². The molecule has 0 amide bonds. The van der Waals surface area contributed by atoms with Crippen LogP contribution in [0.4, 0.5) is 0 Å². The van der Waals surface area contributed by atoms with E-state index in [4.69, 9.17) is 9.84 Å². The number of hydrogen-bond donors (Lipinski definition) is 1. The van der Waals surface area contributed by atoms with Crippen LogP contribution in [-0.4, -0.2) is 29.1 Å². The van der Waals surface area contributed by atoms with Crippen LogP contribution in [0.1, 0.15) is 78.1 Å². The largest absolute Gasteiger partial charge is 0.481 e. The Hall–Kier alpha value is -1.16. The van der Waals surface area contributed by atoms with Gasteiger partial charge in [-0.3, -0.25) is 9.59 Å². The van der Waals surface area contributed by atoms with Gasteiger partial charge in [-0.1, -0.05) is 52.4 Å². The molecule has 132 valence electrons. The summed E-state index contributed by atoms with van der Waals surface area (Å²) in [5.74, 6) is -0.810. The van der Waals surface area contributed by atoms with Gasteiger partial charge in [-0.05, 0) is 31.4 Å². The number of allylic oxidation sites excluding steroid dienone is 1. The van der Waals surface area contributed by atoms with Gasteiger partial charge in [-0.15, -0.1) is 0 Å². The molecule has 3 unspecified atom stereocenters. The fourth-order valence-electron chi connectivity index (χ4n) is 2.67. The minimum absolute atomic E-state index is 0.160. The van der Waals surface area contributed by atoms with E-state index in [0.29, 0.717) is 12.5 Å². The van der Waals surface area contributed by atoms with Crippen LogP contribution in [0.25, 0.3) is 0 Å². The molecule has 0 saturated carbocycles. The van der Waals surface area contributed by atoms with Crippen LogP contribution in [0.5, 0.6) is 0 Å². The van der Waals surface area contributed by atoms with E-state index in [1.807, 2.05) is 6.08 Å². The topological polar surface area (TPSA) is 66.9 Å². The zero-order valence-electron chi connectivity index (χ0n) is 14.6. The van der Waals surface area contributed by atoms with Crippen molar-refractivity contribution in [3.8, 4) is 0 Å². The second kappa shape index (κ2) is 11.4. The number of hydrogen-bond acceptors (Lipinski definition) is 3. The van der Waals surface area contributed by atoms with Crippen molar-refractivity contribution < 1.29 is 19.4 Å². The predicted molar refractivity (Wildman–Crippen MR) is 91.5 cm³/mol. The number of aliphatic carboxylic acids is 1. The van der Waals surface area contributed by atoms with Gasteiger partial charge in [-0.2, -0.15) is 0 Å². The standard InChI is InChI=1S/C19H32O4/c1-3-4-7-12-17-18(23-17)14-13-16(20)11-9-6-5-8-10-15(2)19(21)22/h13-15,17-18H,3-12H2,1-2H3,(H,21,22)/b14-13+. The van der Waals surface area contributed by atoms with E-state index in [0.717, 1.165) is 38.5 Å². The minimum atomic E-state index is -0.722. The fraction of sp³-hybridized carbons (Fsp3) is 0.789. The van der Waals surface area contributed by atoms with Gasteiger partial charge in [0.05, 0.1) is 12.0 Å². The number of rotatable bonds is 14. The van der Waals surface area contributed by atoms with Gasteiger partial charge in [0.15, 0.2) is 5.78 Å². The second-order valence-electron chi connectivity index (χ2n) is 6.65. The van der Waals surface area contributed by atoms with Crippen molar-refractivity contribution in [2.45, 2.75) is 90.3 Å². The van der Waals surface area contributed by atoms with Gasteiger partial charge in [0.1, 0.15) is 6.10 Å². The molecule has 0 aromatic rings. The lowest BCUT2D eigenvalue weighted by atomic mass is 10.0. The summed E-state index contributed by atoms with van der Waals surface area (Å²) in [5.41, 5.74) is 0. The third-order valence-electron chi connectivity index (χ3n) is 4.42. The molecule has 4 heteroatoms. The van der Waals surface area contributed by atoms with Crippen LogP contribution >= 0.6 is 0 Å². The van der Waals surface area contributed by atoms with Crippen LogP contribution in [0.3, 0.4) is 0 Å². The quantitative estimate of drug-likeness (QED) is 0.290. The first-order valence-corrected chi connectivity index (χ1v) is 9.14. The molecule has 1 aliphatic rings. The lowest BCUT2D eigenvalue weighted by Crippen LogP contribution is -2.08. The number of carbonyl (C=O) groups excluding carboxylic acids is 1. The Morgan fingerprint density at radius 3 is 2.57 bits per heavy atom. The molecular formula is C19H32O4. The lowest BCUT2D eigenvalue weighted by molar-refractivity contribution is -0.141. The minimum Gasteiger partial charge on any atom is -0.481 e. The van der Waals surface area contributed by atoms with Crippen molar-refractivity contribution in [3.05, 3.63) is 12.2 Å². The fourth-order valence-corrected chi connectivity index (χ4v) is 2.67. The van der Waals surface area contributed by atoms with Crippen LogP contribution < -0.4 is 0 Å². The van der Waals surface area contributed by atoms with Crippen molar-refractivity contribution in [3.63, 3.8) is 0 Å². The smallest absolute Gasteiger partial charge is 0.306 e. The number of carbonyl (C=O) groups is 2. The summed E-state index contributed by atoms with van der Waals surface area (Å²) in [7, 11) is 0. The highest BCUT2D eigenvalue weighted by Gasteiger charge is 2.35. The Kier molecular flexibility index (Phi) is 9.85. The van der Waals surface area contributed by atoms with E-state index in [2.05, 4.69) is 6.92 Å². The van der Waals surface area contributed by atoms with E-state index in [9.17, 15) is 9.59 Å². The highest BCUT2D eigenvalue weighted by Crippen LogP contribution is 2.28. The Bertz CT molecular complexity index is 389. The highest BCUT2D eigenvalue weighted by atomic mass is 16.6. The number of carboxylic acids is 1. The monoisotopic (exact) mass is 324 g/mol. The molecular weight excluding hydrogens is 292 g/mol. The molecule has 1 fully saturated rings. The zero-order valence-corrected chi connectivity index (χ0v) is 14.6. The van der Waals surface area contributed by atoms with E-state index >= 15 is 0 Å². The van der Waals surface area contributed by atoms with E-state index in [1.165, 1.54) is 19.3 Å². The Labute approximate surface area is 140 Å². The maximum absolute atomic E-state index is 11.8. The molecule has 1 rings (SSSR count). The van der Waals surface area contributed by atoms with E-state index in [1.54, 1.807) is 13.0 Å². The van der Waals surface area contributed by atoms with E-state index < -0.39 is 5.97 Å². The molecule has 3 atom stereocenters. The normalized spacial score (nSPS) is 21.5. The second-order valence-corrected chi connectivity index (χ2v) is 6.65. The third kappa shape index (κ3) is 9.54. The van der Waals surface area contributed by atoms with Crippen molar-refractivity contribution in [2.75, 3.05) is 0 Å². The van der Waals surface area contributed by atoms with Crippen molar-refractivity contribution in [1.82, 2.24) is 0 Å². The summed E-state index contributed by atoms with van der Waals surface area (Å²) >= 11 is 0. The third-order valence-corrected chi connectivity index (χ3v) is 4.42. The van der Waals surface area contributed by atoms with E-state index in [-0.39, 0.29) is 17.8 Å². The van der Waals surface area contributed by atoms with Crippen molar-refractivity contribution in [2.24, 2.45) is 5.92 Å². The molecule has 0 spiro atoms. The van der Waals surface area contributed by atoms with Gasteiger partial charge in [0.2, 0.25) is 0 Å². The SMILES string of the molecule is CCCCCC1OC1/C=C/C(=O)CCCCCCC(C)C(=O)O. The molecule has 23 heavy (non-hydrogen) atoms. The van der Waals surface area contributed by atoms with Gasteiger partial charge >= 0.3 is 5.97 Å². The summed E-state index contributed by atoms with van der Waals surface area (Å²) in [6.07, 6.45) is 14.0. The molecule has 0 radical (unpaired) electrons. The molecule has 1 heterocycles. The molecule has 1 N–H and O–H groups in total. The predicted octanol–water partition coefficient (Wildman–Crippen LogP) is 4.52. The molecule has 0 aromatic heterocycles. The first-order chi connectivity index (χ1) is 11.0. The Morgan fingerprint density at radius 2 is 1.87 bits per heavy atom. The van der Waals surface area contributed by atoms with Gasteiger partial charge in [0.25, 0.3) is 0 Å². The number of ketones is 1. The highest BCUT2D eigenvalue weighted by molar-refractivity contribution is 5.89. The van der Waals surface area contributed by atoms with Gasteiger partial charge in [-0.25, -0.2) is 0 Å². The van der Waals surface area contributed by atoms with Crippen molar-refractivity contribution in [1.29, 1.82) is 0 Å². The number of unbranched alkanes of at least 4 members (excludes halogenated alkanes) is 5. The zero-order chi connectivity index (χ0) is 17.1. The maximum atomic E-state index is 11.8. The lowest BCUT2D eigenvalue weighted by Gasteiger charge is -2.04.